The van der Waals surface area contributed by atoms with Crippen LogP contribution in [0.15, 0.2) is 30.3 Å². The number of carbonyl (C=O) groups excluding carboxylic acids is 2. The van der Waals surface area contributed by atoms with Gasteiger partial charge in [0, 0.05) is 0 Å². The molecule has 3 rings (SSSR count). The van der Waals surface area contributed by atoms with E-state index < -0.39 is 6.04 Å². The van der Waals surface area contributed by atoms with Gasteiger partial charge in [0.25, 0.3) is 0 Å². The number of hydrogen-bond acceptors (Lipinski definition) is 6. The molecule has 1 aromatic heterocycles. The van der Waals surface area contributed by atoms with Crippen molar-refractivity contribution in [2.24, 2.45) is 0 Å². The second-order valence-electron chi connectivity index (χ2n) is 5.88. The van der Waals surface area contributed by atoms with E-state index in [1.165, 1.54) is 4.90 Å². The molecule has 0 aliphatic carbocycles. The fraction of sp³-hybridized carbons (Fsp3) is 0.412. The second kappa shape index (κ2) is 7.19. The summed E-state index contributed by atoms with van der Waals surface area (Å²) in [5.74, 6) is -0.251. The highest BCUT2D eigenvalue weighted by molar-refractivity contribution is 7.11. The first-order valence-electron chi connectivity index (χ1n) is 7.98. The van der Waals surface area contributed by atoms with E-state index in [2.05, 4.69) is 10.2 Å². The summed E-state index contributed by atoms with van der Waals surface area (Å²) in [5.41, 5.74) is 0.958. The van der Waals surface area contributed by atoms with Gasteiger partial charge in [-0.2, -0.15) is 0 Å². The first-order valence-corrected chi connectivity index (χ1v) is 8.79. The number of imide groups is 1. The predicted octanol–water partition coefficient (Wildman–Crippen LogP) is 1.86. The van der Waals surface area contributed by atoms with Gasteiger partial charge in [0.05, 0.1) is 25.6 Å². The summed E-state index contributed by atoms with van der Waals surface area (Å²) in [5, 5.41) is 10.1. The Bertz CT molecular complexity index is 731. The van der Waals surface area contributed by atoms with Crippen molar-refractivity contribution in [1.82, 2.24) is 20.0 Å². The summed E-state index contributed by atoms with van der Waals surface area (Å²) in [4.78, 5) is 28.2. The van der Waals surface area contributed by atoms with E-state index in [1.54, 1.807) is 11.3 Å². The van der Waals surface area contributed by atoms with Gasteiger partial charge in [-0.05, 0) is 19.0 Å². The Morgan fingerprint density at radius 3 is 2.58 bits per heavy atom. The van der Waals surface area contributed by atoms with Crippen LogP contribution >= 0.6 is 11.3 Å². The number of nitrogens with zero attached hydrogens (tertiary/aromatic N) is 4. The molecule has 1 aromatic carbocycles. The summed E-state index contributed by atoms with van der Waals surface area (Å²) in [6.45, 7) is 2.90. The van der Waals surface area contributed by atoms with Crippen molar-refractivity contribution in [3.05, 3.63) is 45.9 Å². The van der Waals surface area contributed by atoms with Crippen LogP contribution in [0.1, 0.15) is 28.9 Å². The molecule has 1 atom stereocenters. The Kier molecular flexibility index (Phi) is 5.01. The summed E-state index contributed by atoms with van der Waals surface area (Å²) in [7, 11) is 1.86. The van der Waals surface area contributed by atoms with Crippen molar-refractivity contribution in [3.63, 3.8) is 0 Å². The zero-order chi connectivity index (χ0) is 17.1. The van der Waals surface area contributed by atoms with E-state index in [9.17, 15) is 9.59 Å². The number of aryl methyl sites for hydroxylation is 1. The van der Waals surface area contributed by atoms with Crippen LogP contribution < -0.4 is 0 Å². The first-order chi connectivity index (χ1) is 11.6. The molecule has 1 aliphatic heterocycles. The topological polar surface area (TPSA) is 66.4 Å². The Balaban J connectivity index is 1.66. The van der Waals surface area contributed by atoms with Crippen LogP contribution in [0.3, 0.4) is 0 Å². The van der Waals surface area contributed by atoms with E-state index in [1.807, 2.05) is 49.2 Å². The fourth-order valence-corrected chi connectivity index (χ4v) is 3.61. The Morgan fingerprint density at radius 2 is 1.92 bits per heavy atom. The fourth-order valence-electron chi connectivity index (χ4n) is 2.76. The van der Waals surface area contributed by atoms with E-state index in [0.717, 1.165) is 22.0 Å². The third kappa shape index (κ3) is 3.52. The predicted molar refractivity (Wildman–Crippen MR) is 91.2 cm³/mol. The lowest BCUT2D eigenvalue weighted by Gasteiger charge is -2.21. The molecule has 2 aromatic rings. The average molecular weight is 344 g/mol. The lowest BCUT2D eigenvalue weighted by Crippen LogP contribution is -2.39. The maximum absolute atomic E-state index is 12.6. The molecule has 126 valence electrons. The minimum Gasteiger partial charge on any atom is -0.288 e. The molecule has 0 spiro atoms. The number of likely N-dealkylation sites (tertiary alicyclic amines) is 1. The normalized spacial score (nSPS) is 18.0. The molecule has 0 radical (unpaired) electrons. The maximum Gasteiger partial charge on any atom is 0.247 e. The number of benzene rings is 1. The van der Waals surface area contributed by atoms with Crippen LogP contribution in [-0.4, -0.2) is 44.9 Å². The minimum atomic E-state index is -0.421. The zero-order valence-corrected chi connectivity index (χ0v) is 14.6. The Morgan fingerprint density at radius 1 is 1.21 bits per heavy atom. The van der Waals surface area contributed by atoms with E-state index in [4.69, 9.17) is 0 Å². The smallest absolute Gasteiger partial charge is 0.247 e. The zero-order valence-electron chi connectivity index (χ0n) is 13.8. The number of aromatic nitrogens is 2. The van der Waals surface area contributed by atoms with Crippen LogP contribution in [-0.2, 0) is 29.1 Å². The van der Waals surface area contributed by atoms with Crippen molar-refractivity contribution in [1.29, 1.82) is 0 Å². The number of carbonyl (C=O) groups is 2. The van der Waals surface area contributed by atoms with Crippen LogP contribution in [0.4, 0.5) is 0 Å². The van der Waals surface area contributed by atoms with Crippen LogP contribution in [0.5, 0.6) is 0 Å². The highest BCUT2D eigenvalue weighted by atomic mass is 32.1. The van der Waals surface area contributed by atoms with Gasteiger partial charge in [0.15, 0.2) is 0 Å². The molecule has 2 amide bonds. The molecule has 1 fully saturated rings. The van der Waals surface area contributed by atoms with Gasteiger partial charge >= 0.3 is 0 Å². The molecule has 7 heteroatoms. The number of rotatable bonds is 6. The highest BCUT2D eigenvalue weighted by Crippen LogP contribution is 2.22. The van der Waals surface area contributed by atoms with E-state index >= 15 is 0 Å². The average Bonchev–Trinajstić information content (AvgIpc) is 3.15. The van der Waals surface area contributed by atoms with Crippen LogP contribution in [0.2, 0.25) is 0 Å². The van der Waals surface area contributed by atoms with Crippen molar-refractivity contribution >= 4 is 23.2 Å². The molecule has 0 bridgehead atoms. The number of hydrogen-bond donors (Lipinski definition) is 0. The van der Waals surface area contributed by atoms with Gasteiger partial charge in [-0.15, -0.1) is 21.5 Å². The lowest BCUT2D eigenvalue weighted by molar-refractivity contribution is -0.140. The van der Waals surface area contributed by atoms with E-state index in [-0.39, 0.29) is 18.2 Å². The molecular formula is C17H20N4O2S. The Hall–Kier alpha value is -2.12. The molecule has 24 heavy (non-hydrogen) atoms. The van der Waals surface area contributed by atoms with Crippen molar-refractivity contribution in [2.45, 2.75) is 38.9 Å². The summed E-state index contributed by atoms with van der Waals surface area (Å²) < 4.78 is 0. The highest BCUT2D eigenvalue weighted by Gasteiger charge is 2.40. The molecule has 2 heterocycles. The molecule has 0 saturated carbocycles. The van der Waals surface area contributed by atoms with Gasteiger partial charge < -0.3 is 0 Å². The van der Waals surface area contributed by atoms with Gasteiger partial charge in [-0.1, -0.05) is 37.3 Å². The number of amides is 2. The monoisotopic (exact) mass is 344 g/mol. The first kappa shape index (κ1) is 16.7. The van der Waals surface area contributed by atoms with E-state index in [0.29, 0.717) is 13.1 Å². The maximum atomic E-state index is 12.6. The van der Waals surface area contributed by atoms with Crippen molar-refractivity contribution < 1.29 is 9.59 Å². The van der Waals surface area contributed by atoms with Crippen molar-refractivity contribution in [2.75, 3.05) is 7.05 Å². The van der Waals surface area contributed by atoms with Crippen molar-refractivity contribution in [3.8, 4) is 0 Å². The third-order valence-electron chi connectivity index (χ3n) is 4.13. The van der Waals surface area contributed by atoms with Gasteiger partial charge in [0.1, 0.15) is 10.0 Å². The molecule has 1 saturated heterocycles. The largest absolute Gasteiger partial charge is 0.288 e. The SMILES string of the molecule is CCc1nnc(CN(C)[C@H]2CC(=O)N(Cc3ccccc3)C2=O)s1. The summed E-state index contributed by atoms with van der Waals surface area (Å²) in [6, 6.07) is 9.15. The summed E-state index contributed by atoms with van der Waals surface area (Å²) in [6.07, 6.45) is 1.08. The quantitative estimate of drug-likeness (QED) is 0.748. The lowest BCUT2D eigenvalue weighted by atomic mass is 10.2. The second-order valence-corrected chi connectivity index (χ2v) is 7.03. The molecule has 0 N–H and O–H groups in total. The number of likely N-dealkylation sites (N-methyl/N-ethyl adjacent to an activating group) is 1. The molecular weight excluding hydrogens is 324 g/mol. The van der Waals surface area contributed by atoms with Crippen LogP contribution in [0, 0.1) is 0 Å². The van der Waals surface area contributed by atoms with Gasteiger partial charge in [0.2, 0.25) is 11.8 Å². The molecule has 0 unspecified atom stereocenters. The summed E-state index contributed by atoms with van der Waals surface area (Å²) >= 11 is 1.55. The minimum absolute atomic E-state index is 0.118. The molecule has 6 nitrogen and oxygen atoms in total. The molecule has 1 aliphatic rings. The van der Waals surface area contributed by atoms with Gasteiger partial charge in [-0.25, -0.2) is 0 Å². The standard InChI is InChI=1S/C17H20N4O2S/c1-3-14-18-19-15(24-14)11-20(2)13-9-16(22)21(17(13)23)10-12-7-5-4-6-8-12/h4-8,13H,3,9-11H2,1-2H3/t13-/m0/s1. The van der Waals surface area contributed by atoms with Crippen LogP contribution in [0.25, 0.3) is 0 Å². The Labute approximate surface area is 145 Å². The van der Waals surface area contributed by atoms with Gasteiger partial charge in [-0.3, -0.25) is 19.4 Å². The third-order valence-corrected chi connectivity index (χ3v) is 5.18.